The van der Waals surface area contributed by atoms with Crippen molar-refractivity contribution in [2.45, 2.75) is 6.92 Å². The Bertz CT molecular complexity index is 1050. The zero-order valence-electron chi connectivity index (χ0n) is 12.7. The number of thiazole rings is 1. The number of aromatic nitrogens is 3. The van der Waals surface area contributed by atoms with E-state index in [9.17, 15) is 9.59 Å². The molecule has 0 saturated heterocycles. The summed E-state index contributed by atoms with van der Waals surface area (Å²) in [5.41, 5.74) is 0.223. The normalized spacial score (nSPS) is 11.9. The molecule has 0 saturated carbocycles. The maximum Gasteiger partial charge on any atom is 0.295 e. The quantitative estimate of drug-likeness (QED) is 0.690. The summed E-state index contributed by atoms with van der Waals surface area (Å²) >= 11 is 1.11. The molecule has 0 amide bonds. The van der Waals surface area contributed by atoms with Crippen LogP contribution in [0.3, 0.4) is 0 Å². The van der Waals surface area contributed by atoms with Gasteiger partial charge in [-0.1, -0.05) is 17.4 Å². The van der Waals surface area contributed by atoms with E-state index >= 15 is 0 Å². The van der Waals surface area contributed by atoms with Gasteiger partial charge in [0.05, 0.1) is 18.8 Å². The van der Waals surface area contributed by atoms with Crippen molar-refractivity contribution in [2.24, 2.45) is 0 Å². The monoisotopic (exact) mass is 331 g/mol. The first-order valence-electron chi connectivity index (χ1n) is 6.67. The first-order chi connectivity index (χ1) is 11.0. The summed E-state index contributed by atoms with van der Waals surface area (Å²) in [6.07, 6.45) is 1.70. The summed E-state index contributed by atoms with van der Waals surface area (Å²) in [6, 6.07) is 5.32. The van der Waals surface area contributed by atoms with Crippen molar-refractivity contribution in [3.05, 3.63) is 54.7 Å². The number of ether oxygens (including phenoxy) is 2. The molecule has 0 aliphatic heterocycles. The average molecular weight is 331 g/mol. The van der Waals surface area contributed by atoms with Crippen molar-refractivity contribution in [2.75, 3.05) is 14.2 Å². The summed E-state index contributed by atoms with van der Waals surface area (Å²) in [7, 11) is 3.10. The molecule has 0 fully saturated rings. The highest BCUT2D eigenvalue weighted by Gasteiger charge is 2.09. The van der Waals surface area contributed by atoms with Gasteiger partial charge in [-0.3, -0.25) is 9.59 Å². The molecule has 1 aromatic carbocycles. The Morgan fingerprint density at radius 2 is 1.91 bits per heavy atom. The van der Waals surface area contributed by atoms with Gasteiger partial charge in [-0.2, -0.15) is 14.6 Å². The van der Waals surface area contributed by atoms with E-state index in [1.165, 1.54) is 6.92 Å². The van der Waals surface area contributed by atoms with Crippen LogP contribution in [0, 0.1) is 6.92 Å². The number of aryl methyl sites for hydroxylation is 1. The second-order valence-electron chi connectivity index (χ2n) is 4.73. The lowest BCUT2D eigenvalue weighted by atomic mass is 10.2. The van der Waals surface area contributed by atoms with Crippen LogP contribution in [0.1, 0.15) is 11.3 Å². The first kappa shape index (κ1) is 15.2. The Kier molecular flexibility index (Phi) is 3.83. The van der Waals surface area contributed by atoms with Crippen LogP contribution >= 0.6 is 11.3 Å². The third kappa shape index (κ3) is 2.68. The smallest absolute Gasteiger partial charge is 0.295 e. The molecule has 3 aromatic rings. The maximum absolute atomic E-state index is 12.4. The van der Waals surface area contributed by atoms with E-state index in [0.29, 0.717) is 16.0 Å². The zero-order chi connectivity index (χ0) is 16.6. The Labute approximate surface area is 134 Å². The van der Waals surface area contributed by atoms with Gasteiger partial charge in [0.15, 0.2) is 11.5 Å². The van der Waals surface area contributed by atoms with Crippen molar-refractivity contribution in [3.8, 4) is 11.5 Å². The minimum Gasteiger partial charge on any atom is -0.493 e. The van der Waals surface area contributed by atoms with Gasteiger partial charge in [0.2, 0.25) is 4.96 Å². The number of hydrogen-bond donors (Lipinski definition) is 0. The minimum atomic E-state index is -0.427. The van der Waals surface area contributed by atoms with Crippen LogP contribution in [0.25, 0.3) is 11.0 Å². The van der Waals surface area contributed by atoms with E-state index < -0.39 is 5.56 Å². The summed E-state index contributed by atoms with van der Waals surface area (Å²) in [5, 5.41) is 3.97. The van der Waals surface area contributed by atoms with Gasteiger partial charge in [-0.05, 0) is 30.7 Å². The standard InChI is InChI=1S/C15H13N3O4S/c1-8-13(19)16-15-18(17-8)14(20)12(23-15)7-9-4-5-10(21-2)11(6-9)22-3/h4-7H,1-3H3/b12-7+. The lowest BCUT2D eigenvalue weighted by Crippen LogP contribution is -2.27. The highest BCUT2D eigenvalue weighted by molar-refractivity contribution is 7.15. The van der Waals surface area contributed by atoms with Gasteiger partial charge in [0.25, 0.3) is 11.1 Å². The van der Waals surface area contributed by atoms with Crippen LogP contribution in [-0.2, 0) is 0 Å². The fourth-order valence-electron chi connectivity index (χ4n) is 2.08. The number of rotatable bonds is 3. The molecular weight excluding hydrogens is 318 g/mol. The van der Waals surface area contributed by atoms with Crippen molar-refractivity contribution in [1.29, 1.82) is 0 Å². The fourth-order valence-corrected chi connectivity index (χ4v) is 2.98. The topological polar surface area (TPSA) is 82.8 Å². The van der Waals surface area contributed by atoms with E-state index in [2.05, 4.69) is 10.1 Å². The Morgan fingerprint density at radius 1 is 1.17 bits per heavy atom. The molecule has 7 nitrogen and oxygen atoms in total. The molecule has 2 aromatic heterocycles. The molecule has 23 heavy (non-hydrogen) atoms. The number of nitrogens with zero attached hydrogens (tertiary/aromatic N) is 3. The van der Waals surface area contributed by atoms with Crippen molar-refractivity contribution in [1.82, 2.24) is 14.6 Å². The second-order valence-corrected chi connectivity index (χ2v) is 5.74. The van der Waals surface area contributed by atoms with Crippen LogP contribution < -0.4 is 25.1 Å². The summed E-state index contributed by atoms with van der Waals surface area (Å²) in [4.78, 5) is 28.0. The third-order valence-corrected chi connectivity index (χ3v) is 4.21. The summed E-state index contributed by atoms with van der Waals surface area (Å²) < 4.78 is 12.0. The van der Waals surface area contributed by atoms with E-state index in [4.69, 9.17) is 9.47 Å². The highest BCUT2D eigenvalue weighted by Crippen LogP contribution is 2.27. The van der Waals surface area contributed by atoms with Gasteiger partial charge in [0, 0.05) is 0 Å². The van der Waals surface area contributed by atoms with E-state index in [1.807, 2.05) is 0 Å². The predicted octanol–water partition coefficient (Wildman–Crippen LogP) is 0.385. The maximum atomic E-state index is 12.4. The van der Waals surface area contributed by atoms with Gasteiger partial charge < -0.3 is 9.47 Å². The number of benzene rings is 1. The fraction of sp³-hybridized carbons (Fsp3) is 0.200. The molecular formula is C15H13N3O4S. The van der Waals surface area contributed by atoms with Gasteiger partial charge >= 0.3 is 0 Å². The summed E-state index contributed by atoms with van der Waals surface area (Å²) in [6.45, 7) is 1.52. The molecule has 0 aliphatic rings. The van der Waals surface area contributed by atoms with Crippen LogP contribution in [0.4, 0.5) is 0 Å². The molecule has 3 rings (SSSR count). The van der Waals surface area contributed by atoms with Crippen molar-refractivity contribution >= 4 is 22.4 Å². The molecule has 0 atom stereocenters. The molecule has 2 heterocycles. The van der Waals surface area contributed by atoms with Gasteiger partial charge in [-0.25, -0.2) is 0 Å². The zero-order valence-corrected chi connectivity index (χ0v) is 13.5. The SMILES string of the molecule is COc1ccc(/C=c2/sc3nc(=O)c(C)nn3c2=O)cc1OC. The molecule has 0 N–H and O–H groups in total. The Balaban J connectivity index is 2.20. The highest BCUT2D eigenvalue weighted by atomic mass is 32.1. The molecule has 0 bridgehead atoms. The van der Waals surface area contributed by atoms with Crippen molar-refractivity contribution < 1.29 is 9.47 Å². The lowest BCUT2D eigenvalue weighted by molar-refractivity contribution is 0.355. The minimum absolute atomic E-state index is 0.190. The molecule has 8 heteroatoms. The van der Waals surface area contributed by atoms with Gasteiger partial charge in [0.1, 0.15) is 5.69 Å². The van der Waals surface area contributed by atoms with Crippen molar-refractivity contribution in [3.63, 3.8) is 0 Å². The molecule has 118 valence electrons. The van der Waals surface area contributed by atoms with Crippen LogP contribution in [0.2, 0.25) is 0 Å². The van der Waals surface area contributed by atoms with E-state index in [0.717, 1.165) is 21.4 Å². The lowest BCUT2D eigenvalue weighted by Gasteiger charge is -2.07. The number of hydrogen-bond acceptors (Lipinski definition) is 7. The number of methoxy groups -OCH3 is 2. The number of fused-ring (bicyclic) bond motifs is 1. The van der Waals surface area contributed by atoms with Gasteiger partial charge in [-0.15, -0.1) is 0 Å². The molecule has 0 aliphatic carbocycles. The van der Waals surface area contributed by atoms with Crippen LogP contribution in [0.15, 0.2) is 27.8 Å². The van der Waals surface area contributed by atoms with E-state index in [1.54, 1.807) is 38.5 Å². The second kappa shape index (κ2) is 5.81. The summed E-state index contributed by atoms with van der Waals surface area (Å²) in [5.74, 6) is 1.17. The third-order valence-electron chi connectivity index (χ3n) is 3.25. The Hall–Kier alpha value is -2.74. The van der Waals surface area contributed by atoms with E-state index in [-0.39, 0.29) is 16.2 Å². The van der Waals surface area contributed by atoms with Crippen LogP contribution in [-0.4, -0.2) is 28.8 Å². The Morgan fingerprint density at radius 3 is 2.61 bits per heavy atom. The molecule has 0 radical (unpaired) electrons. The average Bonchev–Trinajstić information content (AvgIpc) is 2.83. The first-order valence-corrected chi connectivity index (χ1v) is 7.49. The van der Waals surface area contributed by atoms with Crippen LogP contribution in [0.5, 0.6) is 11.5 Å². The molecule has 0 unspecified atom stereocenters. The molecule has 0 spiro atoms. The largest absolute Gasteiger partial charge is 0.493 e. The predicted molar refractivity (Wildman–Crippen MR) is 86.5 cm³/mol.